The van der Waals surface area contributed by atoms with E-state index in [1.807, 2.05) is 31.2 Å². The lowest BCUT2D eigenvalue weighted by Crippen LogP contribution is -2.52. The molecule has 4 rings (SSSR count). The number of aryl methyl sites for hydroxylation is 1. The topological polar surface area (TPSA) is 43.9 Å². The van der Waals surface area contributed by atoms with Gasteiger partial charge in [0.05, 0.1) is 18.2 Å². The summed E-state index contributed by atoms with van der Waals surface area (Å²) >= 11 is 6.08. The van der Waals surface area contributed by atoms with Gasteiger partial charge in [-0.2, -0.15) is 0 Å². The van der Waals surface area contributed by atoms with Crippen LogP contribution in [0.2, 0.25) is 5.02 Å². The predicted molar refractivity (Wildman–Crippen MR) is 107 cm³/mol. The molecule has 2 aromatic rings. The molecule has 2 aliphatic rings. The van der Waals surface area contributed by atoms with Crippen LogP contribution in [-0.2, 0) is 9.59 Å². The number of para-hydroxylation sites is 1. The van der Waals surface area contributed by atoms with Gasteiger partial charge in [-0.15, -0.1) is 0 Å². The molecule has 0 aliphatic carbocycles. The molecule has 2 amide bonds. The zero-order valence-corrected chi connectivity index (χ0v) is 16.0. The first kappa shape index (κ1) is 18.0. The zero-order chi connectivity index (χ0) is 19.0. The highest BCUT2D eigenvalue weighted by Crippen LogP contribution is 2.31. The number of nitrogens with zero attached hydrogens (tertiary/aromatic N) is 3. The Morgan fingerprint density at radius 1 is 0.963 bits per heavy atom. The number of rotatable bonds is 3. The molecule has 5 nitrogen and oxygen atoms in total. The maximum atomic E-state index is 13.0. The van der Waals surface area contributed by atoms with Crippen LogP contribution in [0, 0.1) is 6.92 Å². The van der Waals surface area contributed by atoms with Crippen molar-refractivity contribution >= 4 is 34.8 Å². The van der Waals surface area contributed by atoms with Gasteiger partial charge in [0, 0.05) is 36.9 Å². The van der Waals surface area contributed by atoms with Crippen molar-refractivity contribution in [3.8, 4) is 0 Å². The minimum Gasteiger partial charge on any atom is -0.369 e. The van der Waals surface area contributed by atoms with Crippen molar-refractivity contribution in [1.29, 1.82) is 0 Å². The van der Waals surface area contributed by atoms with Gasteiger partial charge in [-0.05, 0) is 36.8 Å². The SMILES string of the molecule is Cc1ccc(Cl)cc1N1C(=O)CC(N2CCN(c3ccccc3)CC2)C1=O. The van der Waals surface area contributed by atoms with E-state index < -0.39 is 0 Å². The number of anilines is 2. The maximum Gasteiger partial charge on any atom is 0.251 e. The molecule has 6 heteroatoms. The number of hydrogen-bond acceptors (Lipinski definition) is 4. The van der Waals surface area contributed by atoms with Crippen LogP contribution in [0.1, 0.15) is 12.0 Å². The fraction of sp³-hybridized carbons (Fsp3) is 0.333. The van der Waals surface area contributed by atoms with E-state index in [1.165, 1.54) is 10.6 Å². The van der Waals surface area contributed by atoms with E-state index >= 15 is 0 Å². The Bertz CT molecular complexity index is 863. The van der Waals surface area contributed by atoms with Gasteiger partial charge in [-0.3, -0.25) is 14.5 Å². The second-order valence-corrected chi connectivity index (χ2v) is 7.51. The van der Waals surface area contributed by atoms with Crippen molar-refractivity contribution in [3.63, 3.8) is 0 Å². The molecule has 0 radical (unpaired) electrons. The quantitative estimate of drug-likeness (QED) is 0.764. The smallest absolute Gasteiger partial charge is 0.251 e. The Morgan fingerprint density at radius 3 is 2.37 bits per heavy atom. The fourth-order valence-corrected chi connectivity index (χ4v) is 4.07. The lowest BCUT2D eigenvalue weighted by atomic mass is 10.1. The summed E-state index contributed by atoms with van der Waals surface area (Å²) in [6.07, 6.45) is 0.232. The second-order valence-electron chi connectivity index (χ2n) is 7.08. The van der Waals surface area contributed by atoms with Crippen LogP contribution in [0.15, 0.2) is 48.5 Å². The third-order valence-electron chi connectivity index (χ3n) is 5.41. The molecule has 2 saturated heterocycles. The van der Waals surface area contributed by atoms with Gasteiger partial charge in [-0.25, -0.2) is 4.90 Å². The molecule has 1 atom stereocenters. The molecule has 2 aromatic carbocycles. The Balaban J connectivity index is 1.47. The van der Waals surface area contributed by atoms with Crippen molar-refractivity contribution in [2.24, 2.45) is 0 Å². The monoisotopic (exact) mass is 383 g/mol. The minimum atomic E-state index is -0.381. The van der Waals surface area contributed by atoms with Gasteiger partial charge in [0.1, 0.15) is 0 Å². The molecular formula is C21H22ClN3O2. The van der Waals surface area contributed by atoms with Crippen LogP contribution in [0.25, 0.3) is 0 Å². The maximum absolute atomic E-state index is 13.0. The van der Waals surface area contributed by atoms with Gasteiger partial charge >= 0.3 is 0 Å². The van der Waals surface area contributed by atoms with E-state index in [0.717, 1.165) is 31.7 Å². The normalized spacial score (nSPS) is 21.2. The summed E-state index contributed by atoms with van der Waals surface area (Å²) in [4.78, 5) is 31.4. The Kier molecular flexibility index (Phi) is 4.89. The van der Waals surface area contributed by atoms with Crippen LogP contribution in [0.4, 0.5) is 11.4 Å². The molecule has 2 fully saturated rings. The molecule has 0 bridgehead atoms. The average molecular weight is 384 g/mol. The van der Waals surface area contributed by atoms with Crippen molar-refractivity contribution in [2.45, 2.75) is 19.4 Å². The van der Waals surface area contributed by atoms with Crippen molar-refractivity contribution in [2.75, 3.05) is 36.0 Å². The molecule has 0 spiro atoms. The molecule has 0 aromatic heterocycles. The van der Waals surface area contributed by atoms with E-state index in [0.29, 0.717) is 10.7 Å². The highest BCUT2D eigenvalue weighted by Gasteiger charge is 2.43. The van der Waals surface area contributed by atoms with Gasteiger partial charge in [0.25, 0.3) is 5.91 Å². The number of hydrogen-bond donors (Lipinski definition) is 0. The second kappa shape index (κ2) is 7.33. The standard InChI is InChI=1S/C21H22ClN3O2/c1-15-7-8-16(22)13-18(15)25-20(26)14-19(21(25)27)24-11-9-23(10-12-24)17-5-3-2-4-6-17/h2-8,13,19H,9-12,14H2,1H3. The fourth-order valence-electron chi connectivity index (χ4n) is 3.91. The third-order valence-corrected chi connectivity index (χ3v) is 5.65. The first-order valence-corrected chi connectivity index (χ1v) is 9.59. The van der Waals surface area contributed by atoms with Crippen molar-refractivity contribution in [1.82, 2.24) is 4.90 Å². The van der Waals surface area contributed by atoms with Gasteiger partial charge in [0.15, 0.2) is 0 Å². The van der Waals surface area contributed by atoms with E-state index in [9.17, 15) is 9.59 Å². The average Bonchev–Trinajstić information content (AvgIpc) is 2.99. The summed E-state index contributed by atoms with van der Waals surface area (Å²) in [5.41, 5.74) is 2.67. The number of carbonyl (C=O) groups excluding carboxylic acids is 2. The van der Waals surface area contributed by atoms with Gasteiger partial charge in [0.2, 0.25) is 5.91 Å². The zero-order valence-electron chi connectivity index (χ0n) is 15.3. The highest BCUT2D eigenvalue weighted by molar-refractivity contribution is 6.31. The van der Waals surface area contributed by atoms with E-state index in [4.69, 9.17) is 11.6 Å². The molecular weight excluding hydrogens is 362 g/mol. The third kappa shape index (κ3) is 3.45. The number of carbonyl (C=O) groups is 2. The molecule has 0 N–H and O–H groups in total. The van der Waals surface area contributed by atoms with Gasteiger partial charge in [-0.1, -0.05) is 35.9 Å². The number of benzene rings is 2. The van der Waals surface area contributed by atoms with E-state index in [-0.39, 0.29) is 24.3 Å². The first-order valence-electron chi connectivity index (χ1n) is 9.21. The summed E-state index contributed by atoms with van der Waals surface area (Å²) in [6, 6.07) is 15.2. The summed E-state index contributed by atoms with van der Waals surface area (Å²) in [6.45, 7) is 5.11. The molecule has 140 valence electrons. The van der Waals surface area contributed by atoms with Crippen molar-refractivity contribution < 1.29 is 9.59 Å². The number of imide groups is 1. The lowest BCUT2D eigenvalue weighted by molar-refractivity contribution is -0.123. The largest absolute Gasteiger partial charge is 0.369 e. The summed E-state index contributed by atoms with van der Waals surface area (Å²) in [7, 11) is 0. The van der Waals surface area contributed by atoms with Gasteiger partial charge < -0.3 is 4.90 Å². The number of piperazine rings is 1. The molecule has 27 heavy (non-hydrogen) atoms. The highest BCUT2D eigenvalue weighted by atomic mass is 35.5. The summed E-state index contributed by atoms with van der Waals surface area (Å²) in [5.74, 6) is -0.292. The summed E-state index contributed by atoms with van der Waals surface area (Å²) in [5, 5.41) is 0.524. The molecule has 2 heterocycles. The van der Waals surface area contributed by atoms with Crippen LogP contribution in [-0.4, -0.2) is 48.9 Å². The van der Waals surface area contributed by atoms with Crippen LogP contribution < -0.4 is 9.80 Å². The predicted octanol–water partition coefficient (Wildman–Crippen LogP) is 3.10. The Labute approximate surface area is 164 Å². The van der Waals surface area contributed by atoms with E-state index in [2.05, 4.69) is 21.9 Å². The van der Waals surface area contributed by atoms with Crippen LogP contribution >= 0.6 is 11.6 Å². The molecule has 2 aliphatic heterocycles. The molecule has 1 unspecified atom stereocenters. The lowest BCUT2D eigenvalue weighted by Gasteiger charge is -2.38. The number of amides is 2. The van der Waals surface area contributed by atoms with Crippen LogP contribution in [0.3, 0.4) is 0 Å². The Hall–Kier alpha value is -2.37. The minimum absolute atomic E-state index is 0.140. The summed E-state index contributed by atoms with van der Waals surface area (Å²) < 4.78 is 0. The van der Waals surface area contributed by atoms with E-state index in [1.54, 1.807) is 12.1 Å². The number of halogens is 1. The first-order chi connectivity index (χ1) is 13.0. The Morgan fingerprint density at radius 2 is 1.67 bits per heavy atom. The van der Waals surface area contributed by atoms with Crippen molar-refractivity contribution in [3.05, 3.63) is 59.1 Å². The van der Waals surface area contributed by atoms with Crippen LogP contribution in [0.5, 0.6) is 0 Å². The molecule has 0 saturated carbocycles.